The second kappa shape index (κ2) is 7.41. The molecule has 0 saturated heterocycles. The first-order valence-electron chi connectivity index (χ1n) is 7.29. The molecule has 124 valence electrons. The van der Waals surface area contributed by atoms with Crippen molar-refractivity contribution in [3.63, 3.8) is 0 Å². The minimum Gasteiger partial charge on any atom is -0.508 e. The van der Waals surface area contributed by atoms with E-state index in [9.17, 15) is 19.5 Å². The molecule has 24 heavy (non-hydrogen) atoms. The monoisotopic (exact) mass is 327 g/mol. The van der Waals surface area contributed by atoms with Crippen LogP contribution in [0.2, 0.25) is 0 Å². The van der Waals surface area contributed by atoms with Gasteiger partial charge in [0.1, 0.15) is 5.75 Å². The van der Waals surface area contributed by atoms with Crippen molar-refractivity contribution in [2.45, 2.75) is 20.0 Å². The average Bonchev–Trinajstić information content (AvgIpc) is 2.55. The highest BCUT2D eigenvalue weighted by molar-refractivity contribution is 6.05. The van der Waals surface area contributed by atoms with Gasteiger partial charge in [0.05, 0.1) is 11.3 Å². The molecule has 0 aromatic heterocycles. The van der Waals surface area contributed by atoms with Gasteiger partial charge in [-0.1, -0.05) is 12.1 Å². The number of phenolic OH excluding ortho intramolecular Hbond substituents is 1. The molecule has 0 heterocycles. The molecule has 1 unspecified atom stereocenters. The van der Waals surface area contributed by atoms with E-state index in [0.29, 0.717) is 11.3 Å². The van der Waals surface area contributed by atoms with Crippen LogP contribution in [0.5, 0.6) is 5.75 Å². The number of carbonyl (C=O) groups is 3. The van der Waals surface area contributed by atoms with Crippen LogP contribution in [0.25, 0.3) is 0 Å². The summed E-state index contributed by atoms with van der Waals surface area (Å²) in [5, 5.41) is 11.8. The van der Waals surface area contributed by atoms with E-state index < -0.39 is 18.0 Å². The van der Waals surface area contributed by atoms with Gasteiger partial charge >= 0.3 is 5.97 Å². The van der Waals surface area contributed by atoms with Crippen molar-refractivity contribution < 1.29 is 24.2 Å². The molecular weight excluding hydrogens is 310 g/mol. The molecule has 2 rings (SSSR count). The van der Waals surface area contributed by atoms with Crippen LogP contribution in [0.1, 0.15) is 34.6 Å². The molecule has 6 nitrogen and oxygen atoms in total. The molecule has 1 atom stereocenters. The van der Waals surface area contributed by atoms with Gasteiger partial charge in [-0.25, -0.2) is 4.79 Å². The lowest BCUT2D eigenvalue weighted by atomic mass is 10.1. The molecule has 0 radical (unpaired) electrons. The fourth-order valence-electron chi connectivity index (χ4n) is 2.01. The highest BCUT2D eigenvalue weighted by Gasteiger charge is 2.20. The van der Waals surface area contributed by atoms with Crippen LogP contribution in [0.3, 0.4) is 0 Å². The number of hydrogen-bond donors (Lipinski definition) is 2. The number of hydrogen-bond acceptors (Lipinski definition) is 5. The Bertz CT molecular complexity index is 767. The van der Waals surface area contributed by atoms with Gasteiger partial charge in [-0.15, -0.1) is 0 Å². The molecule has 0 spiro atoms. The lowest BCUT2D eigenvalue weighted by Crippen LogP contribution is -2.30. The van der Waals surface area contributed by atoms with Gasteiger partial charge in [-0.05, 0) is 50.2 Å². The maximum Gasteiger partial charge on any atom is 0.338 e. The molecule has 2 N–H and O–H groups in total. The maximum atomic E-state index is 12.2. The summed E-state index contributed by atoms with van der Waals surface area (Å²) in [6.45, 7) is 2.84. The van der Waals surface area contributed by atoms with E-state index in [1.54, 1.807) is 24.3 Å². The van der Waals surface area contributed by atoms with Gasteiger partial charge in [0, 0.05) is 5.56 Å². The van der Waals surface area contributed by atoms with Gasteiger partial charge in [-0.2, -0.15) is 0 Å². The third-order valence-electron chi connectivity index (χ3n) is 3.32. The highest BCUT2D eigenvalue weighted by Crippen LogP contribution is 2.17. The molecule has 0 bridgehead atoms. The standard InChI is InChI=1S/C18H17NO5/c1-11(20)15-5-3-4-6-16(15)19-17(22)12(2)24-18(23)13-7-9-14(21)10-8-13/h3-10,12,21H,1-2H3,(H,19,22). The average molecular weight is 327 g/mol. The van der Waals surface area contributed by atoms with Crippen molar-refractivity contribution >= 4 is 23.3 Å². The Morgan fingerprint density at radius 1 is 1.04 bits per heavy atom. The molecule has 0 aliphatic heterocycles. The fraction of sp³-hybridized carbons (Fsp3) is 0.167. The van der Waals surface area contributed by atoms with Gasteiger partial charge in [0.15, 0.2) is 11.9 Å². The number of aromatic hydroxyl groups is 1. The summed E-state index contributed by atoms with van der Waals surface area (Å²) < 4.78 is 5.09. The van der Waals surface area contributed by atoms with Crippen LogP contribution >= 0.6 is 0 Å². The van der Waals surface area contributed by atoms with E-state index in [0.717, 1.165) is 0 Å². The van der Waals surface area contributed by atoms with Gasteiger partial charge in [0.2, 0.25) is 0 Å². The Labute approximate surface area is 139 Å². The Kier molecular flexibility index (Phi) is 5.31. The van der Waals surface area contributed by atoms with Crippen molar-refractivity contribution in [2.24, 2.45) is 0 Å². The third kappa shape index (κ3) is 4.19. The zero-order valence-electron chi connectivity index (χ0n) is 13.3. The second-order valence-corrected chi connectivity index (χ2v) is 5.19. The number of ether oxygens (including phenoxy) is 1. The number of anilines is 1. The predicted molar refractivity (Wildman–Crippen MR) is 88.1 cm³/mol. The molecule has 1 amide bonds. The fourth-order valence-corrected chi connectivity index (χ4v) is 2.01. The van der Waals surface area contributed by atoms with E-state index in [4.69, 9.17) is 4.74 Å². The van der Waals surface area contributed by atoms with Gasteiger partial charge < -0.3 is 15.2 Å². The number of esters is 1. The van der Waals surface area contributed by atoms with Crippen LogP contribution in [0.15, 0.2) is 48.5 Å². The van der Waals surface area contributed by atoms with Crippen LogP contribution in [-0.2, 0) is 9.53 Å². The van der Waals surface area contributed by atoms with Crippen LogP contribution in [-0.4, -0.2) is 28.9 Å². The summed E-state index contributed by atoms with van der Waals surface area (Å²) >= 11 is 0. The Balaban J connectivity index is 2.04. The lowest BCUT2D eigenvalue weighted by molar-refractivity contribution is -0.123. The number of phenols is 1. The van der Waals surface area contributed by atoms with E-state index in [2.05, 4.69) is 5.32 Å². The first kappa shape index (κ1) is 17.2. The van der Waals surface area contributed by atoms with Crippen LogP contribution in [0.4, 0.5) is 5.69 Å². The molecule has 0 aliphatic carbocycles. The molecule has 2 aromatic rings. The minimum absolute atomic E-state index is 0.0261. The van der Waals surface area contributed by atoms with Crippen LogP contribution < -0.4 is 5.32 Å². The largest absolute Gasteiger partial charge is 0.508 e. The van der Waals surface area contributed by atoms with Crippen LogP contribution in [0, 0.1) is 0 Å². The summed E-state index contributed by atoms with van der Waals surface area (Å²) in [5.74, 6) is -1.38. The molecule has 0 aliphatic rings. The maximum absolute atomic E-state index is 12.2. The smallest absolute Gasteiger partial charge is 0.338 e. The van der Waals surface area contributed by atoms with Gasteiger partial charge in [0.25, 0.3) is 5.91 Å². The third-order valence-corrected chi connectivity index (χ3v) is 3.32. The number of carbonyl (C=O) groups excluding carboxylic acids is 3. The molecular formula is C18H17NO5. The number of Topliss-reactive ketones (excluding diaryl/α,β-unsaturated/α-hetero) is 1. The molecule has 2 aromatic carbocycles. The Morgan fingerprint density at radius 2 is 1.67 bits per heavy atom. The number of rotatable bonds is 5. The van der Waals surface area contributed by atoms with Crippen molar-refractivity contribution in [1.82, 2.24) is 0 Å². The summed E-state index contributed by atoms with van der Waals surface area (Å²) in [6, 6.07) is 12.1. The van der Waals surface area contributed by atoms with E-state index in [1.807, 2.05) is 0 Å². The second-order valence-electron chi connectivity index (χ2n) is 5.19. The zero-order valence-corrected chi connectivity index (χ0v) is 13.3. The van der Waals surface area contributed by atoms with Crippen molar-refractivity contribution in [3.8, 4) is 5.75 Å². The number of para-hydroxylation sites is 1. The summed E-state index contributed by atoms with van der Waals surface area (Å²) in [4.78, 5) is 35.7. The predicted octanol–water partition coefficient (Wildman–Crippen LogP) is 2.78. The Hall–Kier alpha value is -3.15. The Morgan fingerprint density at radius 3 is 2.29 bits per heavy atom. The number of nitrogens with one attached hydrogen (secondary N) is 1. The zero-order chi connectivity index (χ0) is 17.7. The normalized spacial score (nSPS) is 11.4. The highest BCUT2D eigenvalue weighted by atomic mass is 16.5. The number of amides is 1. The van der Waals surface area contributed by atoms with Crippen molar-refractivity contribution in [2.75, 3.05) is 5.32 Å². The molecule has 0 fully saturated rings. The lowest BCUT2D eigenvalue weighted by Gasteiger charge is -2.15. The minimum atomic E-state index is -1.05. The topological polar surface area (TPSA) is 92.7 Å². The van der Waals surface area contributed by atoms with E-state index in [1.165, 1.54) is 38.1 Å². The number of benzene rings is 2. The summed E-state index contributed by atoms with van der Waals surface area (Å²) in [7, 11) is 0. The molecule has 6 heteroatoms. The van der Waals surface area contributed by atoms with Crippen molar-refractivity contribution in [1.29, 1.82) is 0 Å². The molecule has 0 saturated carbocycles. The summed E-state index contributed by atoms with van der Waals surface area (Å²) in [5.41, 5.74) is 0.960. The van der Waals surface area contributed by atoms with E-state index in [-0.39, 0.29) is 17.1 Å². The summed E-state index contributed by atoms with van der Waals surface area (Å²) in [6.07, 6.45) is -1.05. The quantitative estimate of drug-likeness (QED) is 0.651. The number of ketones is 1. The first-order chi connectivity index (χ1) is 11.4. The van der Waals surface area contributed by atoms with Gasteiger partial charge in [-0.3, -0.25) is 9.59 Å². The van der Waals surface area contributed by atoms with Crippen molar-refractivity contribution in [3.05, 3.63) is 59.7 Å². The van der Waals surface area contributed by atoms with E-state index >= 15 is 0 Å². The first-order valence-corrected chi connectivity index (χ1v) is 7.29. The SMILES string of the molecule is CC(=O)c1ccccc1NC(=O)C(C)OC(=O)c1ccc(O)cc1.